The second-order valence-corrected chi connectivity index (χ2v) is 8.20. The first kappa shape index (κ1) is 14.9. The highest BCUT2D eigenvalue weighted by Crippen LogP contribution is 2.63. The molecule has 4 aliphatic rings. The summed E-state index contributed by atoms with van der Waals surface area (Å²) in [4.78, 5) is 2.41. The van der Waals surface area contributed by atoms with Crippen LogP contribution in [-0.2, 0) is 22.9 Å². The molecule has 7 heteroatoms. The van der Waals surface area contributed by atoms with Crippen molar-refractivity contribution in [3.05, 3.63) is 29.3 Å². The molecule has 5 rings (SSSR count). The van der Waals surface area contributed by atoms with Gasteiger partial charge in [0.15, 0.2) is 11.5 Å². The number of rotatable bonds is 1. The Balaban J connectivity index is 1.87. The summed E-state index contributed by atoms with van der Waals surface area (Å²) in [7, 11) is 2.06. The number of phenolic OH excluding ortho intramolecular Hbond substituents is 1. The predicted molar refractivity (Wildman–Crippen MR) is 84.8 cm³/mol. The quantitative estimate of drug-likeness (QED) is 0.565. The third-order valence-corrected chi connectivity index (χ3v) is 7.14. The molecule has 1 aromatic rings. The molecule has 24 heavy (non-hydrogen) atoms. The lowest BCUT2D eigenvalue weighted by Gasteiger charge is -2.56. The van der Waals surface area contributed by atoms with Crippen LogP contribution < -0.4 is 4.74 Å². The van der Waals surface area contributed by atoms with E-state index in [0.29, 0.717) is 12.2 Å². The zero-order valence-electron chi connectivity index (χ0n) is 13.1. The number of hydrogen-bond acceptors (Lipinski definition) is 6. The Morgan fingerprint density at radius 2 is 2.25 bits per heavy atom. The third kappa shape index (κ3) is 1.54. The predicted octanol–water partition coefficient (Wildman–Crippen LogP) is 0.436. The van der Waals surface area contributed by atoms with Crippen LogP contribution in [0.4, 0.5) is 0 Å². The second kappa shape index (κ2) is 4.60. The first-order valence-corrected chi connectivity index (χ1v) is 9.24. The molecule has 1 fully saturated rings. The highest BCUT2D eigenvalue weighted by molar-refractivity contribution is 7.79. The van der Waals surface area contributed by atoms with Crippen LogP contribution in [0.15, 0.2) is 23.1 Å². The smallest absolute Gasteiger partial charge is 0.165 e. The summed E-state index contributed by atoms with van der Waals surface area (Å²) < 4.78 is 29.5. The average Bonchev–Trinajstić information content (AvgIpc) is 2.89. The molecule has 6 atom stereocenters. The van der Waals surface area contributed by atoms with Gasteiger partial charge in [0.1, 0.15) is 12.2 Å². The van der Waals surface area contributed by atoms with Gasteiger partial charge < -0.3 is 24.4 Å². The van der Waals surface area contributed by atoms with Crippen LogP contribution in [0.25, 0.3) is 0 Å². The molecular formula is C17H18NO5S-. The van der Waals surface area contributed by atoms with Gasteiger partial charge in [-0.2, -0.15) is 0 Å². The number of aliphatic hydroxyl groups is 1. The summed E-state index contributed by atoms with van der Waals surface area (Å²) in [6.07, 6.45) is 3.97. The van der Waals surface area contributed by atoms with Crippen molar-refractivity contribution < 1.29 is 23.7 Å². The van der Waals surface area contributed by atoms with E-state index in [1.165, 1.54) is 6.07 Å². The summed E-state index contributed by atoms with van der Waals surface area (Å²) in [6, 6.07) is 1.44. The lowest BCUT2D eigenvalue weighted by Crippen LogP contribution is -2.64. The van der Waals surface area contributed by atoms with Crippen molar-refractivity contribution in [3.63, 3.8) is 0 Å². The topological polar surface area (TPSA) is 93.1 Å². The Bertz CT molecular complexity index is 809. The number of ether oxygens (including phenoxy) is 1. The van der Waals surface area contributed by atoms with Gasteiger partial charge in [-0.3, -0.25) is 4.21 Å². The molecule has 1 saturated heterocycles. The van der Waals surface area contributed by atoms with Crippen molar-refractivity contribution in [2.75, 3.05) is 13.6 Å². The Labute approximate surface area is 142 Å². The molecule has 128 valence electrons. The summed E-state index contributed by atoms with van der Waals surface area (Å²) in [5, 5.41) is 20.9. The molecule has 2 N–H and O–H groups in total. The highest BCUT2D eigenvalue weighted by atomic mass is 32.2. The fraction of sp³-hybridized carbons (Fsp3) is 0.529. The van der Waals surface area contributed by atoms with Gasteiger partial charge in [0.2, 0.25) is 0 Å². The van der Waals surface area contributed by atoms with E-state index >= 15 is 0 Å². The van der Waals surface area contributed by atoms with Crippen molar-refractivity contribution in [1.82, 2.24) is 4.90 Å². The maximum absolute atomic E-state index is 11.7. The third-order valence-electron chi connectivity index (χ3n) is 6.42. The lowest BCUT2D eigenvalue weighted by atomic mass is 9.53. The molecular weight excluding hydrogens is 330 g/mol. The maximum atomic E-state index is 11.7. The van der Waals surface area contributed by atoms with Gasteiger partial charge in [-0.25, -0.2) is 0 Å². The summed E-state index contributed by atoms with van der Waals surface area (Å²) in [5.74, 6) is 0.355. The molecule has 0 saturated carbocycles. The van der Waals surface area contributed by atoms with Crippen LogP contribution in [0.2, 0.25) is 0 Å². The normalized spacial score (nSPS) is 40.1. The molecule has 2 heterocycles. The van der Waals surface area contributed by atoms with E-state index < -0.39 is 28.7 Å². The molecule has 0 aromatic heterocycles. The van der Waals surface area contributed by atoms with Crippen molar-refractivity contribution in [1.29, 1.82) is 0 Å². The number of likely N-dealkylation sites (N-methyl/N-ethyl adjacent to an activating group) is 1. The van der Waals surface area contributed by atoms with E-state index in [1.54, 1.807) is 6.08 Å². The van der Waals surface area contributed by atoms with E-state index in [0.717, 1.165) is 24.1 Å². The highest BCUT2D eigenvalue weighted by Gasteiger charge is 2.64. The lowest BCUT2D eigenvalue weighted by molar-refractivity contribution is -0.0455. The van der Waals surface area contributed by atoms with Gasteiger partial charge in [0.05, 0.1) is 0 Å². The maximum Gasteiger partial charge on any atom is 0.165 e. The number of likely N-dealkylation sites (tertiary alicyclic amines) is 1. The molecule has 2 aliphatic heterocycles. The van der Waals surface area contributed by atoms with Crippen LogP contribution in [0.5, 0.6) is 11.5 Å². The fourth-order valence-electron chi connectivity index (χ4n) is 5.44. The Morgan fingerprint density at radius 1 is 1.46 bits per heavy atom. The molecule has 0 radical (unpaired) electrons. The van der Waals surface area contributed by atoms with Gasteiger partial charge in [-0.1, -0.05) is 12.2 Å². The molecule has 2 bridgehead atoms. The molecule has 1 aromatic carbocycles. The summed E-state index contributed by atoms with van der Waals surface area (Å²) in [5.41, 5.74) is 1.10. The first-order valence-electron chi connectivity index (χ1n) is 8.17. The van der Waals surface area contributed by atoms with Crippen molar-refractivity contribution in [2.24, 2.45) is 5.92 Å². The van der Waals surface area contributed by atoms with E-state index in [4.69, 9.17) is 4.74 Å². The number of nitrogens with zero attached hydrogens (tertiary/aromatic N) is 1. The number of aromatic hydroxyl groups is 1. The Kier molecular flexibility index (Phi) is 2.86. The second-order valence-electron chi connectivity index (χ2n) is 7.29. The van der Waals surface area contributed by atoms with Crippen molar-refractivity contribution in [2.45, 2.75) is 41.4 Å². The minimum Gasteiger partial charge on any atom is -0.768 e. The van der Waals surface area contributed by atoms with E-state index in [1.807, 2.05) is 0 Å². The average molecular weight is 348 g/mol. The molecule has 2 aliphatic carbocycles. The van der Waals surface area contributed by atoms with Gasteiger partial charge >= 0.3 is 0 Å². The SMILES string of the molecule is CN1CC[C@]23c4c5c(S(=O)[O-])cc(O)c4O[C@H]2[C@@H](O)C=C[C@H]3[C@H]1C5. The van der Waals surface area contributed by atoms with Crippen molar-refractivity contribution >= 4 is 11.1 Å². The number of benzene rings is 1. The summed E-state index contributed by atoms with van der Waals surface area (Å²) >= 11 is -2.43. The van der Waals surface area contributed by atoms with Crippen molar-refractivity contribution in [3.8, 4) is 11.5 Å². The number of hydrogen-bond donors (Lipinski definition) is 2. The minimum atomic E-state index is -2.43. The Morgan fingerprint density at radius 3 is 3.00 bits per heavy atom. The van der Waals surface area contributed by atoms with E-state index in [9.17, 15) is 19.0 Å². The molecule has 1 spiro atoms. The Hall–Kier alpha value is -1.41. The van der Waals surface area contributed by atoms with Crippen LogP contribution >= 0.6 is 0 Å². The largest absolute Gasteiger partial charge is 0.768 e. The number of piperidine rings is 1. The monoisotopic (exact) mass is 348 g/mol. The van der Waals surface area contributed by atoms with Crippen LogP contribution in [-0.4, -0.2) is 55.7 Å². The molecule has 6 nitrogen and oxygen atoms in total. The van der Waals surface area contributed by atoms with E-state index in [2.05, 4.69) is 18.0 Å². The molecule has 1 unspecified atom stereocenters. The fourth-order valence-corrected chi connectivity index (χ4v) is 6.03. The van der Waals surface area contributed by atoms with Crippen LogP contribution in [0.3, 0.4) is 0 Å². The number of aliphatic hydroxyl groups excluding tert-OH is 1. The van der Waals surface area contributed by atoms with Gasteiger partial charge in [-0.15, -0.1) is 0 Å². The minimum absolute atomic E-state index is 0.146. The van der Waals surface area contributed by atoms with Gasteiger partial charge in [-0.05, 0) is 49.1 Å². The molecule has 0 amide bonds. The van der Waals surface area contributed by atoms with Crippen LogP contribution in [0.1, 0.15) is 17.5 Å². The van der Waals surface area contributed by atoms with Gasteiger partial charge in [0.25, 0.3) is 0 Å². The zero-order valence-corrected chi connectivity index (χ0v) is 14.0. The standard InChI is InChI=1S/C17H19NO5S/c1-18-5-4-17-9-2-3-11(19)16(17)23-15-12(20)7-13(24(21)22)8(14(15)17)6-10(9)18/h2-3,7,9-11,16,19-20H,4-6H2,1H3,(H,21,22)/p-1/t9-,10+,11-,16-,17-/m0/s1. The van der Waals surface area contributed by atoms with Crippen LogP contribution in [0, 0.1) is 5.92 Å². The van der Waals surface area contributed by atoms with E-state index in [-0.39, 0.29) is 22.6 Å². The van der Waals surface area contributed by atoms with Gasteiger partial charge in [0, 0.05) is 27.8 Å². The summed E-state index contributed by atoms with van der Waals surface area (Å²) in [6.45, 7) is 0.853. The zero-order chi connectivity index (χ0) is 16.8. The number of phenols is 1. The first-order chi connectivity index (χ1) is 11.4.